The summed E-state index contributed by atoms with van der Waals surface area (Å²) in [5.74, 6) is 0.675. The van der Waals surface area contributed by atoms with Gasteiger partial charge in [-0.05, 0) is 31.0 Å². The van der Waals surface area contributed by atoms with Crippen molar-refractivity contribution in [2.45, 2.75) is 12.8 Å². The largest absolute Gasteiger partial charge is 0.493 e. The van der Waals surface area contributed by atoms with Crippen LogP contribution in [0.25, 0.3) is 0 Å². The van der Waals surface area contributed by atoms with Gasteiger partial charge in [0, 0.05) is 24.7 Å². The summed E-state index contributed by atoms with van der Waals surface area (Å²) in [4.78, 5) is 23.9. The number of methoxy groups -OCH3 is 2. The molecule has 2 N–H and O–H groups in total. The highest BCUT2D eigenvalue weighted by molar-refractivity contribution is 5.95. The minimum Gasteiger partial charge on any atom is -0.493 e. The zero-order valence-electron chi connectivity index (χ0n) is 14.6. The molecule has 0 spiro atoms. The van der Waals surface area contributed by atoms with Gasteiger partial charge < -0.3 is 24.8 Å². The zero-order chi connectivity index (χ0) is 18.1. The smallest absolute Gasteiger partial charge is 0.251 e. The Kier molecular flexibility index (Phi) is 7.28. The topological polar surface area (TPSA) is 85.9 Å². The van der Waals surface area contributed by atoms with Crippen LogP contribution in [0.4, 0.5) is 0 Å². The van der Waals surface area contributed by atoms with E-state index in [1.807, 2.05) is 0 Å². The van der Waals surface area contributed by atoms with Gasteiger partial charge >= 0.3 is 0 Å². The average molecular weight is 348 g/mol. The second-order valence-electron chi connectivity index (χ2n) is 5.53. The zero-order valence-corrected chi connectivity index (χ0v) is 14.6. The Bertz CT molecular complexity index is 634. The third-order valence-electron chi connectivity index (χ3n) is 3.83. The number of ether oxygens (including phenoxy) is 3. The van der Waals surface area contributed by atoms with Gasteiger partial charge in [-0.25, -0.2) is 0 Å². The molecule has 1 aromatic carbocycles. The maximum absolute atomic E-state index is 12.1. The van der Waals surface area contributed by atoms with Crippen LogP contribution in [0.15, 0.2) is 29.8 Å². The Balaban J connectivity index is 1.75. The highest BCUT2D eigenvalue weighted by Gasteiger charge is 2.11. The van der Waals surface area contributed by atoms with Gasteiger partial charge in [0.25, 0.3) is 5.91 Å². The molecule has 0 radical (unpaired) electrons. The Morgan fingerprint density at radius 3 is 2.44 bits per heavy atom. The number of rotatable bonds is 7. The van der Waals surface area contributed by atoms with E-state index in [2.05, 4.69) is 10.6 Å². The minimum atomic E-state index is -0.238. The van der Waals surface area contributed by atoms with Gasteiger partial charge in [-0.3, -0.25) is 9.59 Å². The molecule has 0 aromatic heterocycles. The van der Waals surface area contributed by atoms with E-state index in [4.69, 9.17) is 14.2 Å². The molecule has 2 amide bonds. The van der Waals surface area contributed by atoms with Crippen molar-refractivity contribution in [1.82, 2.24) is 10.6 Å². The molecule has 1 fully saturated rings. The van der Waals surface area contributed by atoms with E-state index < -0.39 is 0 Å². The minimum absolute atomic E-state index is 0.141. The SMILES string of the molecule is COc1ccc(C(=O)NCCNC(=O)C=C2CCOCC2)cc1OC. The molecule has 7 heteroatoms. The normalized spacial score (nSPS) is 13.8. The molecule has 0 saturated carbocycles. The summed E-state index contributed by atoms with van der Waals surface area (Å²) in [7, 11) is 3.05. The molecule has 25 heavy (non-hydrogen) atoms. The van der Waals surface area contributed by atoms with Crippen LogP contribution in [0.2, 0.25) is 0 Å². The monoisotopic (exact) mass is 348 g/mol. The number of carbonyl (C=O) groups excluding carboxylic acids is 2. The first kappa shape index (κ1) is 18.8. The first-order valence-electron chi connectivity index (χ1n) is 8.19. The van der Waals surface area contributed by atoms with Gasteiger partial charge in [-0.2, -0.15) is 0 Å². The van der Waals surface area contributed by atoms with Crippen LogP contribution in [0.1, 0.15) is 23.2 Å². The standard InChI is InChI=1S/C18H24N2O5/c1-23-15-4-3-14(12-16(15)24-2)18(22)20-8-7-19-17(21)11-13-5-9-25-10-6-13/h3-4,11-12H,5-10H2,1-2H3,(H,19,21)(H,20,22). The van der Waals surface area contributed by atoms with E-state index in [1.165, 1.54) is 14.2 Å². The Hall–Kier alpha value is -2.54. The molecule has 7 nitrogen and oxygen atoms in total. The van der Waals surface area contributed by atoms with E-state index in [1.54, 1.807) is 24.3 Å². The number of hydrogen-bond acceptors (Lipinski definition) is 5. The van der Waals surface area contributed by atoms with Crippen molar-refractivity contribution < 1.29 is 23.8 Å². The van der Waals surface area contributed by atoms with Crippen molar-refractivity contribution in [3.05, 3.63) is 35.4 Å². The average Bonchev–Trinajstić information content (AvgIpc) is 2.65. The Morgan fingerprint density at radius 2 is 1.76 bits per heavy atom. The molecule has 0 atom stereocenters. The fraction of sp³-hybridized carbons (Fsp3) is 0.444. The van der Waals surface area contributed by atoms with Crippen molar-refractivity contribution in [2.75, 3.05) is 40.5 Å². The molecule has 1 aliphatic heterocycles. The number of hydrogen-bond donors (Lipinski definition) is 2. The van der Waals surface area contributed by atoms with Gasteiger partial charge in [0.05, 0.1) is 27.4 Å². The summed E-state index contributed by atoms with van der Waals surface area (Å²) in [5.41, 5.74) is 1.56. The van der Waals surface area contributed by atoms with Gasteiger partial charge in [0.15, 0.2) is 11.5 Å². The van der Waals surface area contributed by atoms with Crippen LogP contribution in [0.5, 0.6) is 11.5 Å². The van der Waals surface area contributed by atoms with Gasteiger partial charge in [-0.1, -0.05) is 5.57 Å². The van der Waals surface area contributed by atoms with Crippen LogP contribution in [-0.2, 0) is 9.53 Å². The predicted molar refractivity (Wildman–Crippen MR) is 93.0 cm³/mol. The van der Waals surface area contributed by atoms with Gasteiger partial charge in [0.1, 0.15) is 0 Å². The van der Waals surface area contributed by atoms with E-state index in [0.717, 1.165) is 18.4 Å². The molecule has 1 aliphatic rings. The molecular weight excluding hydrogens is 324 g/mol. The fourth-order valence-corrected chi connectivity index (χ4v) is 2.46. The first-order chi connectivity index (χ1) is 12.1. The molecular formula is C18H24N2O5. The van der Waals surface area contributed by atoms with Crippen LogP contribution < -0.4 is 20.1 Å². The maximum Gasteiger partial charge on any atom is 0.251 e. The lowest BCUT2D eigenvalue weighted by atomic mass is 10.1. The van der Waals surface area contributed by atoms with E-state index in [9.17, 15) is 9.59 Å². The second kappa shape index (κ2) is 9.68. The molecule has 1 heterocycles. The van der Waals surface area contributed by atoms with E-state index in [0.29, 0.717) is 43.4 Å². The molecule has 1 aromatic rings. The lowest BCUT2D eigenvalue weighted by Gasteiger charge is -2.14. The lowest BCUT2D eigenvalue weighted by molar-refractivity contribution is -0.116. The Labute approximate surface area is 147 Å². The molecule has 0 aliphatic carbocycles. The third-order valence-corrected chi connectivity index (χ3v) is 3.83. The number of carbonyl (C=O) groups is 2. The summed E-state index contributed by atoms with van der Waals surface area (Å²) < 4.78 is 15.6. The lowest BCUT2D eigenvalue weighted by Crippen LogP contribution is -2.34. The summed E-state index contributed by atoms with van der Waals surface area (Å²) in [6, 6.07) is 4.95. The second-order valence-corrected chi connectivity index (χ2v) is 5.53. The van der Waals surface area contributed by atoms with Crippen molar-refractivity contribution in [2.24, 2.45) is 0 Å². The maximum atomic E-state index is 12.1. The predicted octanol–water partition coefficient (Wildman–Crippen LogP) is 1.29. The number of nitrogens with one attached hydrogen (secondary N) is 2. The highest BCUT2D eigenvalue weighted by atomic mass is 16.5. The quantitative estimate of drug-likeness (QED) is 0.573. The van der Waals surface area contributed by atoms with Crippen molar-refractivity contribution >= 4 is 11.8 Å². The molecule has 2 rings (SSSR count). The highest BCUT2D eigenvalue weighted by Crippen LogP contribution is 2.27. The van der Waals surface area contributed by atoms with Crippen LogP contribution >= 0.6 is 0 Å². The summed E-state index contributed by atoms with van der Waals surface area (Å²) in [6.07, 6.45) is 3.21. The first-order valence-corrected chi connectivity index (χ1v) is 8.19. The molecule has 0 unspecified atom stereocenters. The van der Waals surface area contributed by atoms with Crippen LogP contribution in [0.3, 0.4) is 0 Å². The summed E-state index contributed by atoms with van der Waals surface area (Å²) in [6.45, 7) is 2.03. The Morgan fingerprint density at radius 1 is 1.08 bits per heavy atom. The van der Waals surface area contributed by atoms with Gasteiger partial charge in [0.2, 0.25) is 5.91 Å². The van der Waals surface area contributed by atoms with Crippen LogP contribution in [0, 0.1) is 0 Å². The number of benzene rings is 1. The number of amides is 2. The van der Waals surface area contributed by atoms with Crippen molar-refractivity contribution in [3.63, 3.8) is 0 Å². The fourth-order valence-electron chi connectivity index (χ4n) is 2.46. The molecule has 0 bridgehead atoms. The summed E-state index contributed by atoms with van der Waals surface area (Å²) >= 11 is 0. The van der Waals surface area contributed by atoms with Gasteiger partial charge in [-0.15, -0.1) is 0 Å². The molecule has 136 valence electrons. The van der Waals surface area contributed by atoms with E-state index in [-0.39, 0.29) is 11.8 Å². The van der Waals surface area contributed by atoms with E-state index >= 15 is 0 Å². The van der Waals surface area contributed by atoms with Crippen molar-refractivity contribution in [3.8, 4) is 11.5 Å². The molecule has 1 saturated heterocycles. The van der Waals surface area contributed by atoms with Crippen LogP contribution in [-0.4, -0.2) is 52.3 Å². The van der Waals surface area contributed by atoms with Crippen molar-refractivity contribution in [1.29, 1.82) is 0 Å². The third kappa shape index (κ3) is 5.79. The summed E-state index contributed by atoms with van der Waals surface area (Å²) in [5, 5.41) is 5.52.